The third-order valence-corrected chi connectivity index (χ3v) is 9.54. The Balaban J connectivity index is 3.12. The number of carbonyl (C=O) groups is 4. The van der Waals surface area contributed by atoms with E-state index in [0.717, 1.165) is 12.7 Å². The fourth-order valence-electron chi connectivity index (χ4n) is 4.05. The molecule has 0 heterocycles. The molecule has 0 fully saturated rings. The van der Waals surface area contributed by atoms with E-state index in [1.165, 1.54) is 0 Å². The van der Waals surface area contributed by atoms with Crippen molar-refractivity contribution >= 4 is 31.2 Å². The number of nitrogens with one attached hydrogen (secondary N) is 3. The van der Waals surface area contributed by atoms with Crippen molar-refractivity contribution in [1.29, 1.82) is 0 Å². The van der Waals surface area contributed by atoms with Crippen LogP contribution < -0.4 is 16.0 Å². The van der Waals surface area contributed by atoms with Gasteiger partial charge in [0.05, 0.1) is 0 Å². The van der Waals surface area contributed by atoms with Crippen LogP contribution in [0.1, 0.15) is 66.4 Å². The molecule has 4 N–H and O–H groups in total. The zero-order valence-corrected chi connectivity index (χ0v) is 25.5. The van der Waals surface area contributed by atoms with Gasteiger partial charge in [0.2, 0.25) is 19.2 Å². The van der Waals surface area contributed by atoms with E-state index in [9.17, 15) is 28.8 Å². The van der Waals surface area contributed by atoms with Gasteiger partial charge < -0.3 is 30.3 Å². The van der Waals surface area contributed by atoms with Crippen LogP contribution in [0.15, 0.2) is 30.3 Å². The zero-order valence-electron chi connectivity index (χ0n) is 24.6. The minimum Gasteiger partial charge on any atom is -0.481 e. The summed E-state index contributed by atoms with van der Waals surface area (Å²) in [6, 6.07) is 7.12. The van der Waals surface area contributed by atoms with Crippen molar-refractivity contribution in [2.24, 2.45) is 17.8 Å². The molecule has 3 amide bonds. The molecule has 6 atom stereocenters. The maximum absolute atomic E-state index is 13.5. The van der Waals surface area contributed by atoms with Gasteiger partial charge in [0.25, 0.3) is 0 Å². The quantitative estimate of drug-likeness (QED) is 0.197. The molecule has 0 bridgehead atoms. The van der Waals surface area contributed by atoms with Crippen LogP contribution in [-0.2, 0) is 34.8 Å². The van der Waals surface area contributed by atoms with E-state index in [1.54, 1.807) is 13.8 Å². The molecule has 40 heavy (non-hydrogen) atoms. The topological polar surface area (TPSA) is 160 Å². The SMILES string of the molecule is CC[C@H](C)[C@H](NC(=O)OCc1ccccc1)C(=O)N[C@H](C(=O)NC(CC(C)C)P(=O)(CC(=O)O)OC)[C@@H](C)CC. The summed E-state index contributed by atoms with van der Waals surface area (Å²) in [4.78, 5) is 50.9. The summed E-state index contributed by atoms with van der Waals surface area (Å²) in [5, 5.41) is 17.4. The van der Waals surface area contributed by atoms with Gasteiger partial charge in [-0.1, -0.05) is 84.7 Å². The lowest BCUT2D eigenvalue weighted by Gasteiger charge is -2.32. The average Bonchev–Trinajstić information content (AvgIpc) is 2.91. The van der Waals surface area contributed by atoms with Crippen molar-refractivity contribution in [3.8, 4) is 0 Å². The molecule has 0 spiro atoms. The lowest BCUT2D eigenvalue weighted by Crippen LogP contribution is -2.58. The summed E-state index contributed by atoms with van der Waals surface area (Å²) >= 11 is 0. The highest BCUT2D eigenvalue weighted by Gasteiger charge is 2.40. The number of carboxylic acids is 1. The zero-order chi connectivity index (χ0) is 30.5. The van der Waals surface area contributed by atoms with Crippen molar-refractivity contribution in [3.63, 3.8) is 0 Å². The third kappa shape index (κ3) is 11.3. The van der Waals surface area contributed by atoms with Gasteiger partial charge in [-0.05, 0) is 29.7 Å². The van der Waals surface area contributed by atoms with Crippen molar-refractivity contribution in [3.05, 3.63) is 35.9 Å². The van der Waals surface area contributed by atoms with Gasteiger partial charge in [-0.15, -0.1) is 0 Å². The maximum atomic E-state index is 13.5. The number of carbonyl (C=O) groups excluding carboxylic acids is 3. The average molecular weight is 584 g/mol. The second-order valence-corrected chi connectivity index (χ2v) is 13.3. The highest BCUT2D eigenvalue weighted by molar-refractivity contribution is 7.60. The van der Waals surface area contributed by atoms with Crippen LogP contribution in [-0.4, -0.2) is 60.1 Å². The lowest BCUT2D eigenvalue weighted by molar-refractivity contribution is -0.134. The molecule has 1 aromatic carbocycles. The standard InChI is InChI=1S/C28H46N3O8P/c1-8-19(5)24(26(34)29-22(15-18(3)4)40(37,38-7)17-23(32)33)30-27(35)25(20(6)9-2)31-28(36)39-16-21-13-11-10-12-14-21/h10-14,18-20,22,24-25H,8-9,15-17H2,1-7H3,(H,29,34)(H,30,35)(H,31,36)(H,32,33)/t19-,20-,22?,24-,25-,40?/m0/s1. The smallest absolute Gasteiger partial charge is 0.408 e. The molecule has 226 valence electrons. The van der Waals surface area contributed by atoms with Crippen molar-refractivity contribution in [2.75, 3.05) is 13.3 Å². The highest BCUT2D eigenvalue weighted by atomic mass is 31.2. The number of aliphatic carboxylic acids is 1. The third-order valence-electron chi connectivity index (χ3n) is 6.92. The largest absolute Gasteiger partial charge is 0.481 e. The molecule has 0 aliphatic heterocycles. The van der Waals surface area contributed by atoms with Gasteiger partial charge >= 0.3 is 12.1 Å². The van der Waals surface area contributed by atoms with Gasteiger partial charge in [0, 0.05) is 7.11 Å². The fraction of sp³-hybridized carbons (Fsp3) is 0.643. The molecule has 0 aromatic heterocycles. The minimum atomic E-state index is -3.80. The van der Waals surface area contributed by atoms with E-state index in [1.807, 2.05) is 58.0 Å². The number of rotatable bonds is 17. The molecule has 2 unspecified atom stereocenters. The van der Waals surface area contributed by atoms with E-state index in [2.05, 4.69) is 16.0 Å². The lowest BCUT2D eigenvalue weighted by atomic mass is 9.95. The Hall–Kier alpha value is -2.91. The van der Waals surface area contributed by atoms with Gasteiger partial charge in [-0.3, -0.25) is 18.9 Å². The summed E-state index contributed by atoms with van der Waals surface area (Å²) in [5.74, 6) is -4.16. The first kappa shape index (κ1) is 35.1. The number of ether oxygens (including phenoxy) is 1. The van der Waals surface area contributed by atoms with Gasteiger partial charge in [0.1, 0.15) is 30.6 Å². The number of benzene rings is 1. The molecule has 0 saturated carbocycles. The van der Waals surface area contributed by atoms with Crippen LogP contribution in [0, 0.1) is 17.8 Å². The van der Waals surface area contributed by atoms with Gasteiger partial charge in [-0.25, -0.2) is 4.79 Å². The number of carboxylic acid groups (broad SMARTS) is 1. The van der Waals surface area contributed by atoms with E-state index >= 15 is 0 Å². The van der Waals surface area contributed by atoms with Gasteiger partial charge in [-0.2, -0.15) is 0 Å². The Morgan fingerprint density at radius 2 is 1.40 bits per heavy atom. The molecule has 0 radical (unpaired) electrons. The van der Waals surface area contributed by atoms with Crippen LogP contribution in [0.5, 0.6) is 0 Å². The summed E-state index contributed by atoms with van der Waals surface area (Å²) in [6.07, 6.45) is -0.187. The van der Waals surface area contributed by atoms with Crippen molar-refractivity contribution in [2.45, 2.75) is 85.3 Å². The second kappa shape index (κ2) is 17.0. The summed E-state index contributed by atoms with van der Waals surface area (Å²) in [6.45, 7) is 11.1. The van der Waals surface area contributed by atoms with Crippen LogP contribution in [0.3, 0.4) is 0 Å². The van der Waals surface area contributed by atoms with Crippen molar-refractivity contribution in [1.82, 2.24) is 16.0 Å². The van der Waals surface area contributed by atoms with E-state index in [4.69, 9.17) is 9.26 Å². The molecule has 1 rings (SSSR count). The number of hydrogen-bond acceptors (Lipinski definition) is 7. The van der Waals surface area contributed by atoms with Crippen LogP contribution in [0.25, 0.3) is 0 Å². The maximum Gasteiger partial charge on any atom is 0.408 e. The molecule has 12 heteroatoms. The Labute approximate surface area is 237 Å². The Morgan fingerprint density at radius 3 is 1.88 bits per heavy atom. The molecular weight excluding hydrogens is 537 g/mol. The summed E-state index contributed by atoms with van der Waals surface area (Å²) in [7, 11) is -2.63. The molecule has 11 nitrogen and oxygen atoms in total. The summed E-state index contributed by atoms with van der Waals surface area (Å²) < 4.78 is 23.9. The van der Waals surface area contributed by atoms with E-state index in [-0.39, 0.29) is 30.8 Å². The Kier molecular flexibility index (Phi) is 14.9. The van der Waals surface area contributed by atoms with Gasteiger partial charge in [0.15, 0.2) is 0 Å². The monoisotopic (exact) mass is 583 g/mol. The van der Waals surface area contributed by atoms with E-state index < -0.39 is 55.3 Å². The first-order chi connectivity index (χ1) is 18.8. The second-order valence-electron chi connectivity index (χ2n) is 10.6. The number of amides is 3. The number of hydrogen-bond donors (Lipinski definition) is 4. The highest BCUT2D eigenvalue weighted by Crippen LogP contribution is 2.51. The van der Waals surface area contributed by atoms with Crippen LogP contribution in [0.2, 0.25) is 0 Å². The molecule has 0 saturated heterocycles. The normalized spacial score (nSPS) is 16.5. The fourth-order valence-corrected chi connectivity index (χ4v) is 6.10. The predicted molar refractivity (Wildman–Crippen MR) is 153 cm³/mol. The van der Waals surface area contributed by atoms with Crippen LogP contribution in [0.4, 0.5) is 4.79 Å². The Morgan fingerprint density at radius 1 is 0.875 bits per heavy atom. The van der Waals surface area contributed by atoms with Crippen molar-refractivity contribution < 1.29 is 38.1 Å². The predicted octanol–water partition coefficient (Wildman–Crippen LogP) is 4.36. The van der Waals surface area contributed by atoms with E-state index in [0.29, 0.717) is 12.8 Å². The summed E-state index contributed by atoms with van der Waals surface area (Å²) in [5.41, 5.74) is 0.794. The number of alkyl carbamates (subject to hydrolysis) is 1. The molecule has 1 aromatic rings. The molecule has 0 aliphatic rings. The first-order valence-corrected chi connectivity index (χ1v) is 15.6. The molecular formula is C28H46N3O8P. The van der Waals surface area contributed by atoms with Crippen LogP contribution >= 0.6 is 7.37 Å². The molecule has 0 aliphatic carbocycles. The Bertz CT molecular complexity index is 1020. The minimum absolute atomic E-state index is 0.0277. The first-order valence-electron chi connectivity index (χ1n) is 13.7.